The Kier molecular flexibility index (Phi) is 4.82. The molecule has 1 aliphatic rings. The molecule has 2 rings (SSSR count). The average Bonchev–Trinajstić information content (AvgIpc) is 3.08. The molecule has 2 unspecified atom stereocenters. The Balaban J connectivity index is 2.29. The Bertz CT molecular complexity index is 540. The quantitative estimate of drug-likeness (QED) is 0.823. The Morgan fingerprint density at radius 2 is 2.20 bits per heavy atom. The number of imidazole rings is 1. The summed E-state index contributed by atoms with van der Waals surface area (Å²) >= 11 is 0. The molecule has 20 heavy (non-hydrogen) atoms. The molecular weight excluding hydrogens is 276 g/mol. The minimum atomic E-state index is -3.51. The number of sulfonamides is 1. The van der Waals surface area contributed by atoms with Crippen molar-refractivity contribution in [3.8, 4) is 0 Å². The zero-order chi connectivity index (χ0) is 14.8. The summed E-state index contributed by atoms with van der Waals surface area (Å²) in [5.41, 5.74) is 5.78. The summed E-state index contributed by atoms with van der Waals surface area (Å²) in [6.07, 6.45) is 5.06. The SMILES string of the molecule is CCc1ncc(S(=O)(=O)N(CC)C2CCCC2CN)[nH]1. The summed E-state index contributed by atoms with van der Waals surface area (Å²) in [6.45, 7) is 4.82. The molecule has 0 aromatic carbocycles. The van der Waals surface area contributed by atoms with Crippen LogP contribution in [0.1, 0.15) is 38.9 Å². The van der Waals surface area contributed by atoms with E-state index in [-0.39, 0.29) is 17.0 Å². The minimum absolute atomic E-state index is 0.0170. The van der Waals surface area contributed by atoms with Gasteiger partial charge < -0.3 is 10.7 Å². The van der Waals surface area contributed by atoms with E-state index in [0.717, 1.165) is 19.3 Å². The molecule has 1 heterocycles. The van der Waals surface area contributed by atoms with Crippen molar-refractivity contribution in [3.05, 3.63) is 12.0 Å². The van der Waals surface area contributed by atoms with E-state index < -0.39 is 10.0 Å². The van der Waals surface area contributed by atoms with Gasteiger partial charge >= 0.3 is 0 Å². The fourth-order valence-corrected chi connectivity index (χ4v) is 4.69. The van der Waals surface area contributed by atoms with E-state index in [2.05, 4.69) is 9.97 Å². The highest BCUT2D eigenvalue weighted by molar-refractivity contribution is 7.89. The first kappa shape index (κ1) is 15.5. The summed E-state index contributed by atoms with van der Waals surface area (Å²) in [6, 6.07) is 0.0170. The molecule has 0 aliphatic heterocycles. The van der Waals surface area contributed by atoms with Crippen molar-refractivity contribution in [2.75, 3.05) is 13.1 Å². The van der Waals surface area contributed by atoms with E-state index in [1.165, 1.54) is 6.20 Å². The number of aromatic nitrogens is 2. The zero-order valence-corrected chi connectivity index (χ0v) is 13.0. The van der Waals surface area contributed by atoms with E-state index >= 15 is 0 Å². The highest BCUT2D eigenvalue weighted by Gasteiger charge is 2.38. The van der Waals surface area contributed by atoms with Crippen molar-refractivity contribution in [2.45, 2.75) is 50.6 Å². The molecule has 1 fully saturated rings. The number of hydrogen-bond acceptors (Lipinski definition) is 4. The van der Waals surface area contributed by atoms with Crippen LogP contribution in [0.5, 0.6) is 0 Å². The van der Waals surface area contributed by atoms with Crippen LogP contribution in [0.2, 0.25) is 0 Å². The fourth-order valence-electron chi connectivity index (χ4n) is 3.03. The van der Waals surface area contributed by atoms with Gasteiger partial charge in [0.25, 0.3) is 10.0 Å². The van der Waals surface area contributed by atoms with E-state index in [1.54, 1.807) is 4.31 Å². The number of nitrogens with two attached hydrogens (primary N) is 1. The van der Waals surface area contributed by atoms with Gasteiger partial charge in [0.05, 0.1) is 6.20 Å². The highest BCUT2D eigenvalue weighted by atomic mass is 32.2. The molecule has 114 valence electrons. The van der Waals surface area contributed by atoms with Crippen molar-refractivity contribution in [3.63, 3.8) is 0 Å². The largest absolute Gasteiger partial charge is 0.332 e. The molecule has 1 aliphatic carbocycles. The van der Waals surface area contributed by atoms with Crippen molar-refractivity contribution >= 4 is 10.0 Å². The first-order chi connectivity index (χ1) is 9.54. The lowest BCUT2D eigenvalue weighted by Gasteiger charge is -2.30. The normalized spacial score (nSPS) is 23.6. The molecule has 1 aromatic heterocycles. The number of aryl methyl sites for hydroxylation is 1. The van der Waals surface area contributed by atoms with Gasteiger partial charge in [-0.1, -0.05) is 20.3 Å². The van der Waals surface area contributed by atoms with E-state index in [4.69, 9.17) is 5.73 Å². The van der Waals surface area contributed by atoms with Crippen molar-refractivity contribution in [2.24, 2.45) is 11.7 Å². The lowest BCUT2D eigenvalue weighted by Crippen LogP contribution is -2.44. The van der Waals surface area contributed by atoms with E-state index in [9.17, 15) is 8.42 Å². The van der Waals surface area contributed by atoms with Gasteiger partial charge in [-0.15, -0.1) is 0 Å². The van der Waals surface area contributed by atoms with Gasteiger partial charge in [-0.3, -0.25) is 0 Å². The van der Waals surface area contributed by atoms with Gasteiger partial charge in [0.15, 0.2) is 5.03 Å². The highest BCUT2D eigenvalue weighted by Crippen LogP contribution is 2.32. The van der Waals surface area contributed by atoms with Crippen molar-refractivity contribution < 1.29 is 8.42 Å². The molecule has 0 amide bonds. The standard InChI is InChI=1S/C13H24N4O2S/c1-3-12-15-9-13(16-12)20(18,19)17(4-2)11-7-5-6-10(11)8-14/h9-11H,3-8,14H2,1-2H3,(H,15,16). The minimum Gasteiger partial charge on any atom is -0.332 e. The maximum Gasteiger partial charge on any atom is 0.260 e. The summed E-state index contributed by atoms with van der Waals surface area (Å²) < 4.78 is 27.1. The summed E-state index contributed by atoms with van der Waals surface area (Å²) in [7, 11) is -3.51. The van der Waals surface area contributed by atoms with Crippen LogP contribution >= 0.6 is 0 Å². The van der Waals surface area contributed by atoms with Gasteiger partial charge in [-0.2, -0.15) is 4.31 Å². The van der Waals surface area contributed by atoms with Gasteiger partial charge in [0, 0.05) is 19.0 Å². The Morgan fingerprint density at radius 3 is 2.75 bits per heavy atom. The van der Waals surface area contributed by atoms with Crippen LogP contribution < -0.4 is 5.73 Å². The second-order valence-electron chi connectivity index (χ2n) is 5.25. The molecule has 0 radical (unpaired) electrons. The summed E-state index contributed by atoms with van der Waals surface area (Å²) in [5.74, 6) is 0.958. The van der Waals surface area contributed by atoms with Crippen LogP contribution in [0.4, 0.5) is 0 Å². The van der Waals surface area contributed by atoms with Crippen LogP contribution in [-0.2, 0) is 16.4 Å². The van der Waals surface area contributed by atoms with Gasteiger partial charge in [0.1, 0.15) is 5.82 Å². The third-order valence-electron chi connectivity index (χ3n) is 4.13. The summed E-state index contributed by atoms with van der Waals surface area (Å²) in [4.78, 5) is 7.00. The van der Waals surface area contributed by atoms with E-state index in [1.807, 2.05) is 13.8 Å². The third kappa shape index (κ3) is 2.75. The predicted octanol–water partition coefficient (Wildman–Crippen LogP) is 1.11. The number of nitrogens with one attached hydrogen (secondary N) is 1. The van der Waals surface area contributed by atoms with Gasteiger partial charge in [0.2, 0.25) is 0 Å². The lowest BCUT2D eigenvalue weighted by molar-refractivity contribution is 0.275. The topological polar surface area (TPSA) is 92.1 Å². The van der Waals surface area contributed by atoms with Crippen LogP contribution in [0, 0.1) is 5.92 Å². The number of rotatable bonds is 6. The molecule has 0 saturated heterocycles. The Hall–Kier alpha value is -0.920. The Labute approximate surface area is 120 Å². The van der Waals surface area contributed by atoms with Crippen LogP contribution in [0.15, 0.2) is 11.2 Å². The third-order valence-corrected chi connectivity index (χ3v) is 6.04. The maximum atomic E-state index is 12.8. The van der Waals surface area contributed by atoms with Crippen molar-refractivity contribution in [1.82, 2.24) is 14.3 Å². The number of aromatic amines is 1. The molecule has 7 heteroatoms. The van der Waals surface area contributed by atoms with Gasteiger partial charge in [-0.25, -0.2) is 13.4 Å². The fraction of sp³-hybridized carbons (Fsp3) is 0.769. The van der Waals surface area contributed by atoms with Crippen LogP contribution in [0.3, 0.4) is 0 Å². The zero-order valence-electron chi connectivity index (χ0n) is 12.2. The molecule has 0 spiro atoms. The van der Waals surface area contributed by atoms with Crippen LogP contribution in [-0.4, -0.2) is 41.8 Å². The second kappa shape index (κ2) is 6.24. The van der Waals surface area contributed by atoms with Gasteiger partial charge in [-0.05, 0) is 25.3 Å². The number of nitrogens with zero attached hydrogens (tertiary/aromatic N) is 2. The first-order valence-electron chi connectivity index (χ1n) is 7.30. The molecule has 1 saturated carbocycles. The Morgan fingerprint density at radius 1 is 1.45 bits per heavy atom. The molecule has 2 atom stereocenters. The maximum absolute atomic E-state index is 12.8. The summed E-state index contributed by atoms with van der Waals surface area (Å²) in [5, 5.41) is 0.193. The molecule has 0 bridgehead atoms. The van der Waals surface area contributed by atoms with Crippen LogP contribution in [0.25, 0.3) is 0 Å². The number of H-pyrrole nitrogens is 1. The van der Waals surface area contributed by atoms with Crippen molar-refractivity contribution in [1.29, 1.82) is 0 Å². The molecule has 3 N–H and O–H groups in total. The molecule has 6 nitrogen and oxygen atoms in total. The monoisotopic (exact) mass is 300 g/mol. The first-order valence-corrected chi connectivity index (χ1v) is 8.74. The smallest absolute Gasteiger partial charge is 0.260 e. The molecule has 1 aromatic rings. The number of hydrogen-bond donors (Lipinski definition) is 2. The lowest BCUT2D eigenvalue weighted by atomic mass is 10.0. The molecular formula is C13H24N4O2S. The van der Waals surface area contributed by atoms with E-state index in [0.29, 0.717) is 25.3 Å². The average molecular weight is 300 g/mol. The predicted molar refractivity (Wildman–Crippen MR) is 77.7 cm³/mol. The second-order valence-corrected chi connectivity index (χ2v) is 7.11.